The largest absolute Gasteiger partial charge is 0.344 e. The van der Waals surface area contributed by atoms with Crippen LogP contribution < -0.4 is 16.1 Å². The molecule has 0 aromatic heterocycles. The van der Waals surface area contributed by atoms with Crippen LogP contribution in [-0.2, 0) is 19.9 Å². The van der Waals surface area contributed by atoms with Crippen LogP contribution in [0.1, 0.15) is 38.7 Å². The van der Waals surface area contributed by atoms with E-state index in [1.807, 2.05) is 0 Å². The molecule has 2 aliphatic heterocycles. The van der Waals surface area contributed by atoms with Crippen LogP contribution in [-0.4, -0.2) is 51.8 Å². The van der Waals surface area contributed by atoms with Crippen molar-refractivity contribution in [3.63, 3.8) is 0 Å². The first-order valence-corrected chi connectivity index (χ1v) is 9.88. The summed E-state index contributed by atoms with van der Waals surface area (Å²) in [6.45, 7) is 2.81. The third kappa shape index (κ3) is 2.90. The molecule has 1 aromatic rings. The van der Waals surface area contributed by atoms with Crippen molar-refractivity contribution in [1.29, 1.82) is 0 Å². The van der Waals surface area contributed by atoms with Gasteiger partial charge in [0, 0.05) is 0 Å². The molecule has 158 valence electrons. The van der Waals surface area contributed by atoms with Gasteiger partial charge in [0.1, 0.15) is 17.6 Å². The Kier molecular flexibility index (Phi) is 4.52. The van der Waals surface area contributed by atoms with Gasteiger partial charge < -0.3 is 10.6 Å². The lowest BCUT2D eigenvalue weighted by atomic mass is 9.87. The van der Waals surface area contributed by atoms with Crippen LogP contribution in [0, 0.1) is 5.92 Å². The lowest BCUT2D eigenvalue weighted by Gasteiger charge is -2.25. The maximum absolute atomic E-state index is 13.0. The monoisotopic (exact) mass is 413 g/mol. The molecule has 2 unspecified atom stereocenters. The van der Waals surface area contributed by atoms with Gasteiger partial charge in [-0.25, -0.2) is 9.59 Å². The van der Waals surface area contributed by atoms with E-state index in [0.29, 0.717) is 10.6 Å². The minimum atomic E-state index is -1.29. The molecule has 2 heterocycles. The Morgan fingerprint density at radius 1 is 1.07 bits per heavy atom. The van der Waals surface area contributed by atoms with Gasteiger partial charge >= 0.3 is 12.1 Å². The molecule has 0 radical (unpaired) electrons. The number of imide groups is 2. The fraction of sp³-hybridized carbons (Fsp3) is 0.450. The number of carbonyl (C=O) groups is 5. The number of hydrazine groups is 1. The third-order valence-corrected chi connectivity index (χ3v) is 6.12. The molecule has 1 aliphatic carbocycles. The molecule has 3 aliphatic rings. The number of hydrogen-bond donors (Lipinski definition) is 3. The average molecular weight is 413 g/mol. The number of nitrogens with zero attached hydrogens (tertiary/aromatic N) is 2. The number of urea groups is 2. The predicted octanol–water partition coefficient (Wildman–Crippen LogP) is 0.595. The highest BCUT2D eigenvalue weighted by Crippen LogP contribution is 2.42. The summed E-state index contributed by atoms with van der Waals surface area (Å²) in [4.78, 5) is 63.7. The molecule has 30 heavy (non-hydrogen) atoms. The van der Waals surface area contributed by atoms with Gasteiger partial charge in [-0.1, -0.05) is 37.3 Å². The fourth-order valence-electron chi connectivity index (χ4n) is 4.14. The van der Waals surface area contributed by atoms with E-state index in [4.69, 9.17) is 0 Å². The first-order chi connectivity index (χ1) is 14.2. The second-order valence-corrected chi connectivity index (χ2v) is 8.03. The van der Waals surface area contributed by atoms with Crippen molar-refractivity contribution < 1.29 is 24.0 Å². The summed E-state index contributed by atoms with van der Waals surface area (Å²) < 4.78 is 0. The van der Waals surface area contributed by atoms with Crippen LogP contribution in [0.4, 0.5) is 9.59 Å². The number of nitrogens with one attached hydrogen (secondary N) is 3. The first-order valence-electron chi connectivity index (χ1n) is 9.88. The lowest BCUT2D eigenvalue weighted by molar-refractivity contribution is -0.141. The molecular formula is C20H23N5O5. The zero-order valence-electron chi connectivity index (χ0n) is 16.7. The minimum Gasteiger partial charge on any atom is -0.323 e. The molecule has 10 heteroatoms. The van der Waals surface area contributed by atoms with Gasteiger partial charge in [-0.3, -0.25) is 24.7 Å². The van der Waals surface area contributed by atoms with E-state index < -0.39 is 47.4 Å². The summed E-state index contributed by atoms with van der Waals surface area (Å²) in [6, 6.07) is 7.30. The molecular weight excluding hydrogens is 390 g/mol. The standard InChI is InChI=1S/C20H23N5O5/c1-3-20(13-7-5-4-6-8-13)16(28)25(18(30)22-20)23-14(26)11-24-15(27)19(2,12-9-10-12)21-17(24)29/h4-8,12H,3,9-11H2,1-2H3,(H,21,29)(H,22,30)(H,23,26). The lowest BCUT2D eigenvalue weighted by Crippen LogP contribution is -2.52. The van der Waals surface area contributed by atoms with Gasteiger partial charge in [0.15, 0.2) is 0 Å². The third-order valence-electron chi connectivity index (χ3n) is 6.12. The molecule has 4 rings (SSSR count). The normalized spacial score (nSPS) is 28.6. The van der Waals surface area contributed by atoms with Gasteiger partial charge in [0.2, 0.25) is 0 Å². The molecule has 3 N–H and O–H groups in total. The Balaban J connectivity index is 1.47. The summed E-state index contributed by atoms with van der Waals surface area (Å²) in [5.41, 5.74) is 0.525. The maximum Gasteiger partial charge on any atom is 0.344 e. The minimum absolute atomic E-state index is 0.0593. The fourth-order valence-corrected chi connectivity index (χ4v) is 4.14. The Labute approximate surface area is 172 Å². The van der Waals surface area contributed by atoms with E-state index in [1.54, 1.807) is 44.2 Å². The molecule has 10 nitrogen and oxygen atoms in total. The highest BCUT2D eigenvalue weighted by Gasteiger charge is 2.57. The van der Waals surface area contributed by atoms with E-state index in [1.165, 1.54) is 0 Å². The van der Waals surface area contributed by atoms with Crippen LogP contribution in [0.3, 0.4) is 0 Å². The maximum atomic E-state index is 13.0. The number of amides is 7. The Morgan fingerprint density at radius 3 is 2.33 bits per heavy atom. The topological polar surface area (TPSA) is 128 Å². The first kappa shape index (κ1) is 19.9. The molecule has 2 saturated heterocycles. The van der Waals surface area contributed by atoms with E-state index in [9.17, 15) is 24.0 Å². The van der Waals surface area contributed by atoms with Crippen molar-refractivity contribution in [2.75, 3.05) is 6.54 Å². The molecule has 1 saturated carbocycles. The molecule has 7 amide bonds. The van der Waals surface area contributed by atoms with Crippen molar-refractivity contribution in [2.24, 2.45) is 5.92 Å². The molecule has 2 atom stereocenters. The van der Waals surface area contributed by atoms with E-state index in [2.05, 4.69) is 16.1 Å². The Bertz CT molecular complexity index is 946. The van der Waals surface area contributed by atoms with Gasteiger partial charge in [-0.2, -0.15) is 5.01 Å². The van der Waals surface area contributed by atoms with E-state index in [0.717, 1.165) is 17.7 Å². The van der Waals surface area contributed by atoms with Crippen LogP contribution >= 0.6 is 0 Å². The predicted molar refractivity (Wildman–Crippen MR) is 103 cm³/mol. The second kappa shape index (κ2) is 6.82. The Hall–Kier alpha value is -3.43. The van der Waals surface area contributed by atoms with Crippen molar-refractivity contribution in [1.82, 2.24) is 26.0 Å². The number of benzene rings is 1. The van der Waals surface area contributed by atoms with Crippen molar-refractivity contribution in [3.05, 3.63) is 35.9 Å². The van der Waals surface area contributed by atoms with Crippen LogP contribution in [0.2, 0.25) is 0 Å². The van der Waals surface area contributed by atoms with Crippen molar-refractivity contribution in [3.8, 4) is 0 Å². The molecule has 1 aromatic carbocycles. The van der Waals surface area contributed by atoms with E-state index in [-0.39, 0.29) is 12.3 Å². The van der Waals surface area contributed by atoms with Gasteiger partial charge in [0.25, 0.3) is 17.7 Å². The van der Waals surface area contributed by atoms with Crippen LogP contribution in [0.15, 0.2) is 30.3 Å². The van der Waals surface area contributed by atoms with Crippen LogP contribution in [0.25, 0.3) is 0 Å². The number of rotatable bonds is 6. The van der Waals surface area contributed by atoms with Gasteiger partial charge in [-0.15, -0.1) is 0 Å². The van der Waals surface area contributed by atoms with Crippen molar-refractivity contribution in [2.45, 2.75) is 44.2 Å². The average Bonchev–Trinajstić information content (AvgIpc) is 3.53. The van der Waals surface area contributed by atoms with Gasteiger partial charge in [0.05, 0.1) is 0 Å². The summed E-state index contributed by atoms with van der Waals surface area (Å²) in [6.07, 6.45) is 1.95. The van der Waals surface area contributed by atoms with Crippen LogP contribution in [0.5, 0.6) is 0 Å². The summed E-state index contributed by atoms with van der Waals surface area (Å²) in [7, 11) is 0. The Morgan fingerprint density at radius 2 is 1.73 bits per heavy atom. The molecule has 3 fully saturated rings. The quantitative estimate of drug-likeness (QED) is 0.588. The molecule has 0 spiro atoms. The zero-order valence-corrected chi connectivity index (χ0v) is 16.7. The number of hydrogen-bond acceptors (Lipinski definition) is 5. The van der Waals surface area contributed by atoms with E-state index >= 15 is 0 Å². The highest BCUT2D eigenvalue weighted by atomic mass is 16.2. The summed E-state index contributed by atoms with van der Waals surface area (Å²) in [5, 5.41) is 5.91. The SMILES string of the molecule is CCC1(c2ccccc2)NC(=O)N(NC(=O)CN2C(=O)NC(C)(C3CC3)C2=O)C1=O. The number of carbonyl (C=O) groups excluding carboxylic acids is 5. The summed E-state index contributed by atoms with van der Waals surface area (Å²) >= 11 is 0. The van der Waals surface area contributed by atoms with Crippen molar-refractivity contribution >= 4 is 29.8 Å². The van der Waals surface area contributed by atoms with Gasteiger partial charge in [-0.05, 0) is 37.7 Å². The zero-order chi connectivity index (χ0) is 21.7. The second-order valence-electron chi connectivity index (χ2n) is 8.03. The highest BCUT2D eigenvalue weighted by molar-refractivity contribution is 6.11. The smallest absolute Gasteiger partial charge is 0.323 e. The summed E-state index contributed by atoms with van der Waals surface area (Å²) in [5.74, 6) is -1.87. The molecule has 0 bridgehead atoms.